The summed E-state index contributed by atoms with van der Waals surface area (Å²) in [5, 5.41) is 22.8. The lowest BCUT2D eigenvalue weighted by Crippen LogP contribution is -2.59. The minimum atomic E-state index is -0.907. The van der Waals surface area contributed by atoms with Crippen LogP contribution in [-0.4, -0.2) is 52.6 Å². The van der Waals surface area contributed by atoms with Gasteiger partial charge in [-0.1, -0.05) is 51.0 Å². The third kappa shape index (κ3) is 3.80. The molecule has 0 aromatic carbocycles. The van der Waals surface area contributed by atoms with Crippen molar-refractivity contribution in [2.75, 3.05) is 19.7 Å². The van der Waals surface area contributed by atoms with E-state index in [0.717, 1.165) is 50.9 Å². The minimum Gasteiger partial charge on any atom is -0.450 e. The largest absolute Gasteiger partial charge is 0.450 e. The van der Waals surface area contributed by atoms with Crippen LogP contribution in [0.15, 0.2) is 23.3 Å². The molecule has 5 nitrogen and oxygen atoms in total. The molecular weight excluding hydrogens is 474 g/mol. The third-order valence-corrected chi connectivity index (χ3v) is 13.3. The first kappa shape index (κ1) is 26.9. The number of ether oxygens (including phenoxy) is 1. The molecular formula is C33H51NO4. The Hall–Kier alpha value is -1.33. The Balaban J connectivity index is 1.24. The number of carbonyl (C=O) groups is 1. The van der Waals surface area contributed by atoms with Crippen LogP contribution >= 0.6 is 0 Å². The monoisotopic (exact) mass is 525 g/mol. The molecule has 7 aliphatic rings. The van der Waals surface area contributed by atoms with Crippen molar-refractivity contribution in [1.82, 2.24) is 4.90 Å². The van der Waals surface area contributed by atoms with Gasteiger partial charge in [0.25, 0.3) is 0 Å². The Bertz CT molecular complexity index is 1030. The van der Waals surface area contributed by atoms with Crippen LogP contribution < -0.4 is 0 Å². The summed E-state index contributed by atoms with van der Waals surface area (Å²) >= 11 is 0. The fourth-order valence-electron chi connectivity index (χ4n) is 10.6. The molecule has 0 aromatic rings. The number of rotatable bonds is 5. The van der Waals surface area contributed by atoms with Crippen LogP contribution in [-0.2, 0) is 4.74 Å². The van der Waals surface area contributed by atoms with Gasteiger partial charge in [-0.05, 0) is 112 Å². The summed E-state index contributed by atoms with van der Waals surface area (Å²) < 4.78 is 5.57. The predicted octanol–water partition coefficient (Wildman–Crippen LogP) is 6.49. The maximum atomic E-state index is 13.3. The number of carbonyl (C=O) groups excluding carboxylic acids is 1. The standard InChI is InChI=1S/C33H51NO4/c1-6-38-29(36)34(19-21-7-8-22-18-28(21)30(22,2)3)20-33(37)16-13-27-25-10-9-23-17-24(35)11-14-31(23,4)26(25)12-15-32(27,33)5/h9-10,21-22,24,26-28,35,37H,6-8,11-20H2,1-5H3. The zero-order valence-corrected chi connectivity index (χ0v) is 24.5. The molecule has 2 N–H and O–H groups in total. The Labute approximate surface area is 230 Å². The van der Waals surface area contributed by atoms with Crippen molar-refractivity contribution in [3.05, 3.63) is 23.3 Å². The first-order valence-corrected chi connectivity index (χ1v) is 15.7. The summed E-state index contributed by atoms with van der Waals surface area (Å²) in [5.41, 5.74) is 2.29. The van der Waals surface area contributed by atoms with E-state index in [0.29, 0.717) is 48.8 Å². The number of allylic oxidation sites excluding steroid dienone is 3. The minimum absolute atomic E-state index is 0.136. The topological polar surface area (TPSA) is 70.0 Å². The quantitative estimate of drug-likeness (QED) is 0.430. The highest BCUT2D eigenvalue weighted by atomic mass is 16.6. The normalized spacial score (nSPS) is 46.5. The number of aliphatic hydroxyl groups is 2. The van der Waals surface area contributed by atoms with Gasteiger partial charge in [-0.15, -0.1) is 0 Å². The summed E-state index contributed by atoms with van der Waals surface area (Å²) in [6.45, 7) is 12.9. The van der Waals surface area contributed by atoms with Gasteiger partial charge in [-0.2, -0.15) is 0 Å². The van der Waals surface area contributed by atoms with Gasteiger partial charge in [0, 0.05) is 12.0 Å². The SMILES string of the molecule is CCOC(=O)N(CC1CCC2CC1C2(C)C)CC1(O)CCC2C3=CC=C4CC(O)CCC4(C)C3CCC21C. The van der Waals surface area contributed by atoms with Gasteiger partial charge in [0.2, 0.25) is 0 Å². The maximum absolute atomic E-state index is 13.3. The highest BCUT2D eigenvalue weighted by Crippen LogP contribution is 2.66. The molecule has 0 saturated heterocycles. The summed E-state index contributed by atoms with van der Waals surface area (Å²) in [4.78, 5) is 15.2. The number of hydrogen-bond donors (Lipinski definition) is 2. The van der Waals surface area contributed by atoms with E-state index in [1.807, 2.05) is 11.8 Å². The molecule has 5 heteroatoms. The Morgan fingerprint density at radius 1 is 1.03 bits per heavy atom. The molecule has 1 amide bonds. The van der Waals surface area contributed by atoms with E-state index in [9.17, 15) is 15.0 Å². The van der Waals surface area contributed by atoms with Gasteiger partial charge in [-0.25, -0.2) is 4.79 Å². The molecule has 7 rings (SSSR count). The molecule has 0 aliphatic heterocycles. The predicted molar refractivity (Wildman–Crippen MR) is 149 cm³/mol. The van der Waals surface area contributed by atoms with Gasteiger partial charge in [-0.3, -0.25) is 0 Å². The van der Waals surface area contributed by atoms with E-state index in [1.165, 1.54) is 30.4 Å². The van der Waals surface area contributed by atoms with E-state index >= 15 is 0 Å². The van der Waals surface area contributed by atoms with E-state index in [-0.39, 0.29) is 23.0 Å². The van der Waals surface area contributed by atoms with Crippen LogP contribution in [0.3, 0.4) is 0 Å². The third-order valence-electron chi connectivity index (χ3n) is 13.3. The second-order valence-electron chi connectivity index (χ2n) is 15.1. The van der Waals surface area contributed by atoms with Crippen molar-refractivity contribution in [1.29, 1.82) is 0 Å². The number of aliphatic hydroxyl groups excluding tert-OH is 1. The molecule has 9 atom stereocenters. The van der Waals surface area contributed by atoms with Crippen molar-refractivity contribution in [2.45, 2.75) is 111 Å². The summed E-state index contributed by atoms with van der Waals surface area (Å²) in [6, 6.07) is 0. The van der Waals surface area contributed by atoms with Crippen LogP contribution in [0, 0.1) is 45.8 Å². The second kappa shape index (κ2) is 9.09. The first-order valence-electron chi connectivity index (χ1n) is 15.7. The Morgan fingerprint density at radius 3 is 2.50 bits per heavy atom. The smallest absolute Gasteiger partial charge is 0.409 e. The van der Waals surface area contributed by atoms with Crippen molar-refractivity contribution in [3.63, 3.8) is 0 Å². The Morgan fingerprint density at radius 2 is 1.79 bits per heavy atom. The lowest BCUT2D eigenvalue weighted by atomic mass is 9.45. The summed E-state index contributed by atoms with van der Waals surface area (Å²) in [7, 11) is 0. The Kier molecular flexibility index (Phi) is 6.43. The fourth-order valence-corrected chi connectivity index (χ4v) is 10.6. The first-order chi connectivity index (χ1) is 17.9. The van der Waals surface area contributed by atoms with Crippen molar-refractivity contribution < 1.29 is 19.7 Å². The molecule has 6 saturated carbocycles. The molecule has 212 valence electrons. The average molecular weight is 526 g/mol. The van der Waals surface area contributed by atoms with Crippen LogP contribution in [0.5, 0.6) is 0 Å². The zero-order valence-electron chi connectivity index (χ0n) is 24.5. The molecule has 6 fully saturated rings. The molecule has 7 aliphatic carbocycles. The van der Waals surface area contributed by atoms with Gasteiger partial charge >= 0.3 is 6.09 Å². The van der Waals surface area contributed by atoms with Gasteiger partial charge in [0.15, 0.2) is 0 Å². The maximum Gasteiger partial charge on any atom is 0.409 e. The van der Waals surface area contributed by atoms with Crippen molar-refractivity contribution in [3.8, 4) is 0 Å². The van der Waals surface area contributed by atoms with E-state index in [1.54, 1.807) is 0 Å². The van der Waals surface area contributed by atoms with Gasteiger partial charge < -0.3 is 19.8 Å². The molecule has 0 spiro atoms. The van der Waals surface area contributed by atoms with Crippen molar-refractivity contribution >= 4 is 6.09 Å². The van der Waals surface area contributed by atoms with E-state index < -0.39 is 5.60 Å². The van der Waals surface area contributed by atoms with E-state index in [2.05, 4.69) is 39.8 Å². The van der Waals surface area contributed by atoms with E-state index in [4.69, 9.17) is 4.74 Å². The second-order valence-corrected chi connectivity index (χ2v) is 15.1. The summed E-state index contributed by atoms with van der Waals surface area (Å²) in [5.74, 6) is 2.85. The highest BCUT2D eigenvalue weighted by Gasteiger charge is 2.63. The highest BCUT2D eigenvalue weighted by molar-refractivity contribution is 5.67. The number of amides is 1. The summed E-state index contributed by atoms with van der Waals surface area (Å²) in [6.07, 6.45) is 14.5. The van der Waals surface area contributed by atoms with Crippen molar-refractivity contribution in [2.24, 2.45) is 45.8 Å². The fraction of sp³-hybridized carbons (Fsp3) is 0.848. The van der Waals surface area contributed by atoms with Gasteiger partial charge in [0.1, 0.15) is 0 Å². The molecule has 9 unspecified atom stereocenters. The van der Waals surface area contributed by atoms with Crippen LogP contribution in [0.25, 0.3) is 0 Å². The lowest BCUT2D eigenvalue weighted by Gasteiger charge is -2.61. The number of fused-ring (bicyclic) bond motifs is 7. The van der Waals surface area contributed by atoms with Crippen LogP contribution in [0.1, 0.15) is 98.8 Å². The molecule has 2 bridgehead atoms. The van der Waals surface area contributed by atoms with Crippen LogP contribution in [0.4, 0.5) is 4.79 Å². The molecule has 0 heterocycles. The zero-order chi connectivity index (χ0) is 27.1. The van der Waals surface area contributed by atoms with Gasteiger partial charge in [0.05, 0.1) is 24.9 Å². The average Bonchev–Trinajstić information content (AvgIpc) is 3.14. The van der Waals surface area contributed by atoms with Crippen LogP contribution in [0.2, 0.25) is 0 Å². The molecule has 0 aromatic heterocycles. The number of hydrogen-bond acceptors (Lipinski definition) is 4. The molecule has 38 heavy (non-hydrogen) atoms. The number of nitrogens with zero attached hydrogens (tertiary/aromatic N) is 1. The molecule has 0 radical (unpaired) electrons. The lowest BCUT2D eigenvalue weighted by molar-refractivity contribution is -0.124.